The topological polar surface area (TPSA) is 58.2 Å². The molecule has 0 spiro atoms. The van der Waals surface area contributed by atoms with Gasteiger partial charge >= 0.3 is 0 Å². The Kier molecular flexibility index (Phi) is 7.95. The maximum atomic E-state index is 14.9. The van der Waals surface area contributed by atoms with Crippen molar-refractivity contribution in [1.82, 2.24) is 10.6 Å². The highest BCUT2D eigenvalue weighted by Gasteiger charge is 2.42. The highest BCUT2D eigenvalue weighted by atomic mass is 19.3. The largest absolute Gasteiger partial charge is 0.355 e. The number of benzene rings is 2. The molecule has 0 aromatic heterocycles. The van der Waals surface area contributed by atoms with Gasteiger partial charge in [0, 0.05) is 33.0 Å². The quantitative estimate of drug-likeness (QED) is 0.530. The number of hydrogen-bond donors (Lipinski definition) is 2. The molecule has 1 atom stereocenters. The number of halogens is 3. The van der Waals surface area contributed by atoms with Gasteiger partial charge in [-0.05, 0) is 61.9 Å². The van der Waals surface area contributed by atoms with Crippen LogP contribution in [0.25, 0.3) is 5.57 Å². The van der Waals surface area contributed by atoms with Gasteiger partial charge in [-0.1, -0.05) is 36.8 Å². The molecule has 2 aromatic rings. The van der Waals surface area contributed by atoms with E-state index in [-0.39, 0.29) is 32.7 Å². The molecule has 3 rings (SSSR count). The van der Waals surface area contributed by atoms with Crippen molar-refractivity contribution in [2.75, 3.05) is 7.05 Å². The Balaban J connectivity index is 0.00000306. The zero-order valence-corrected chi connectivity index (χ0v) is 18.9. The fraction of sp³-hybridized carbons (Fsp3) is 0.385. The van der Waals surface area contributed by atoms with Crippen molar-refractivity contribution in [2.24, 2.45) is 0 Å². The number of allylic oxidation sites excluding steroid dienone is 1. The fourth-order valence-corrected chi connectivity index (χ4v) is 4.22. The molecule has 180 valence electrons. The SMILES string of the molecule is C/C=C(/C(=O)NC1CCCCC1(F)F)c1c(F)cccc1CCc1ccc(C(=O)NC)cc1.[HH].[HH]. The number of aryl methyl sites for hydroxylation is 2. The average Bonchev–Trinajstić information content (AvgIpc) is 2.80. The highest BCUT2D eigenvalue weighted by molar-refractivity contribution is 6.20. The van der Waals surface area contributed by atoms with Crippen molar-refractivity contribution < 1.29 is 25.6 Å². The highest BCUT2D eigenvalue weighted by Crippen LogP contribution is 2.34. The van der Waals surface area contributed by atoms with Gasteiger partial charge in [0.05, 0.1) is 6.04 Å². The number of nitrogens with one attached hydrogen (secondary N) is 2. The molecule has 4 nitrogen and oxygen atoms in total. The Morgan fingerprint density at radius 2 is 1.85 bits per heavy atom. The van der Waals surface area contributed by atoms with Gasteiger partial charge in [0.15, 0.2) is 0 Å². The third-order valence-electron chi connectivity index (χ3n) is 6.10. The van der Waals surface area contributed by atoms with Crippen LogP contribution in [0.2, 0.25) is 0 Å². The predicted molar refractivity (Wildman–Crippen MR) is 127 cm³/mol. The minimum Gasteiger partial charge on any atom is -0.355 e. The van der Waals surface area contributed by atoms with E-state index in [1.54, 1.807) is 38.2 Å². The molecule has 2 N–H and O–H groups in total. The van der Waals surface area contributed by atoms with Gasteiger partial charge in [-0.3, -0.25) is 9.59 Å². The van der Waals surface area contributed by atoms with Crippen molar-refractivity contribution in [1.29, 1.82) is 0 Å². The number of amides is 2. The molecule has 1 aliphatic rings. The summed E-state index contributed by atoms with van der Waals surface area (Å²) >= 11 is 0. The average molecular weight is 463 g/mol. The standard InChI is InChI=1S/C26H29F3N2O2.2H2/c1-3-20(25(33)31-22-9-4-5-16-26(22,28)29)23-18(7-6-8-21(23)27)13-10-17-11-14-19(15-12-17)24(32)30-2;;/h3,6-8,11-12,14-15,22H,4-5,9-10,13,16H2,1-2H3,(H,30,32)(H,31,33);2*1H/b20-3+;;. The van der Waals surface area contributed by atoms with Crippen LogP contribution < -0.4 is 10.6 Å². The Morgan fingerprint density at radius 3 is 2.48 bits per heavy atom. The summed E-state index contributed by atoms with van der Waals surface area (Å²) in [6.07, 6.45) is 3.46. The van der Waals surface area contributed by atoms with Gasteiger partial charge in [-0.25, -0.2) is 13.2 Å². The number of carbonyl (C=O) groups excluding carboxylic acids is 2. The molecule has 2 aromatic carbocycles. The van der Waals surface area contributed by atoms with E-state index in [1.165, 1.54) is 12.1 Å². The number of rotatable bonds is 7. The zero-order chi connectivity index (χ0) is 24.0. The van der Waals surface area contributed by atoms with Gasteiger partial charge in [0.1, 0.15) is 5.82 Å². The number of alkyl halides is 2. The van der Waals surface area contributed by atoms with Crippen LogP contribution in [0.5, 0.6) is 0 Å². The van der Waals surface area contributed by atoms with E-state index < -0.39 is 23.7 Å². The van der Waals surface area contributed by atoms with Crippen LogP contribution >= 0.6 is 0 Å². The Hall–Kier alpha value is -3.09. The Bertz CT molecular complexity index is 1040. The summed E-state index contributed by atoms with van der Waals surface area (Å²) in [5.41, 5.74) is 2.30. The van der Waals surface area contributed by atoms with E-state index in [4.69, 9.17) is 0 Å². The first-order chi connectivity index (χ1) is 15.8. The summed E-state index contributed by atoms with van der Waals surface area (Å²) < 4.78 is 43.3. The molecule has 2 amide bonds. The first-order valence-electron chi connectivity index (χ1n) is 11.2. The maximum absolute atomic E-state index is 14.9. The van der Waals surface area contributed by atoms with E-state index in [0.29, 0.717) is 36.8 Å². The summed E-state index contributed by atoms with van der Waals surface area (Å²) in [6, 6.07) is 10.4. The van der Waals surface area contributed by atoms with Crippen molar-refractivity contribution in [2.45, 2.75) is 57.4 Å². The zero-order valence-electron chi connectivity index (χ0n) is 18.9. The van der Waals surface area contributed by atoms with Crippen LogP contribution in [0.1, 0.15) is 62.5 Å². The minimum atomic E-state index is -2.97. The van der Waals surface area contributed by atoms with Gasteiger partial charge in [0.25, 0.3) is 17.7 Å². The molecular formula is C26H33F3N2O2. The summed E-state index contributed by atoms with van der Waals surface area (Å²) in [4.78, 5) is 24.6. The van der Waals surface area contributed by atoms with E-state index in [9.17, 15) is 22.8 Å². The van der Waals surface area contributed by atoms with E-state index in [1.807, 2.05) is 12.1 Å². The van der Waals surface area contributed by atoms with Crippen LogP contribution in [0.3, 0.4) is 0 Å². The molecule has 1 aliphatic carbocycles. The predicted octanol–water partition coefficient (Wildman–Crippen LogP) is 5.56. The lowest BCUT2D eigenvalue weighted by Crippen LogP contribution is -2.49. The van der Waals surface area contributed by atoms with Gasteiger partial charge in [-0.2, -0.15) is 0 Å². The normalized spacial score (nSPS) is 18.0. The molecular weight excluding hydrogens is 429 g/mol. The summed E-state index contributed by atoms with van der Waals surface area (Å²) in [6.45, 7) is 1.60. The van der Waals surface area contributed by atoms with Crippen LogP contribution in [-0.2, 0) is 17.6 Å². The summed E-state index contributed by atoms with van der Waals surface area (Å²) in [7, 11) is 1.56. The second-order valence-corrected chi connectivity index (χ2v) is 8.29. The molecule has 0 aliphatic heterocycles. The fourth-order valence-electron chi connectivity index (χ4n) is 4.22. The van der Waals surface area contributed by atoms with Crippen LogP contribution in [0.4, 0.5) is 13.2 Å². The number of carbonyl (C=O) groups is 2. The summed E-state index contributed by atoms with van der Waals surface area (Å²) in [5.74, 6) is -4.40. The second-order valence-electron chi connectivity index (χ2n) is 8.29. The first-order valence-corrected chi connectivity index (χ1v) is 11.2. The smallest absolute Gasteiger partial charge is 0.267 e. The molecule has 1 fully saturated rings. The first kappa shape index (κ1) is 24.6. The number of hydrogen-bond acceptors (Lipinski definition) is 2. The van der Waals surface area contributed by atoms with Crippen molar-refractivity contribution in [3.05, 3.63) is 76.6 Å². The lowest BCUT2D eigenvalue weighted by atomic mass is 9.90. The van der Waals surface area contributed by atoms with E-state index in [0.717, 1.165) is 5.56 Å². The molecule has 1 unspecified atom stereocenters. The molecule has 0 radical (unpaired) electrons. The summed E-state index contributed by atoms with van der Waals surface area (Å²) in [5, 5.41) is 5.01. The third-order valence-corrected chi connectivity index (χ3v) is 6.10. The van der Waals surface area contributed by atoms with Crippen LogP contribution in [0.15, 0.2) is 48.5 Å². The molecule has 0 bridgehead atoms. The maximum Gasteiger partial charge on any atom is 0.267 e. The molecule has 33 heavy (non-hydrogen) atoms. The van der Waals surface area contributed by atoms with Crippen molar-refractivity contribution in [3.8, 4) is 0 Å². The third kappa shape index (κ3) is 5.83. The molecule has 0 heterocycles. The lowest BCUT2D eigenvalue weighted by Gasteiger charge is -2.32. The molecule has 1 saturated carbocycles. The van der Waals surface area contributed by atoms with Gasteiger partial charge < -0.3 is 10.6 Å². The van der Waals surface area contributed by atoms with Crippen molar-refractivity contribution >= 4 is 17.4 Å². The molecule has 7 heteroatoms. The van der Waals surface area contributed by atoms with E-state index in [2.05, 4.69) is 10.6 Å². The lowest BCUT2D eigenvalue weighted by molar-refractivity contribution is -0.122. The second kappa shape index (κ2) is 10.7. The van der Waals surface area contributed by atoms with Crippen LogP contribution in [-0.4, -0.2) is 30.8 Å². The Morgan fingerprint density at radius 1 is 1.12 bits per heavy atom. The van der Waals surface area contributed by atoms with E-state index >= 15 is 0 Å². The minimum absolute atomic E-state index is 0. The monoisotopic (exact) mass is 462 g/mol. The van der Waals surface area contributed by atoms with Gasteiger partial charge in [0.2, 0.25) is 0 Å². The van der Waals surface area contributed by atoms with Gasteiger partial charge in [-0.15, -0.1) is 0 Å². The molecule has 0 saturated heterocycles. The van der Waals surface area contributed by atoms with Crippen molar-refractivity contribution in [3.63, 3.8) is 0 Å². The Labute approximate surface area is 195 Å². The van der Waals surface area contributed by atoms with Crippen LogP contribution in [0, 0.1) is 5.82 Å².